The molecule has 0 aliphatic rings. The van der Waals surface area contributed by atoms with Crippen molar-refractivity contribution in [1.29, 1.82) is 0 Å². The molecule has 0 spiro atoms. The summed E-state index contributed by atoms with van der Waals surface area (Å²) in [5.74, 6) is 0.888. The van der Waals surface area contributed by atoms with Gasteiger partial charge in [-0.25, -0.2) is 4.98 Å². The lowest BCUT2D eigenvalue weighted by Crippen LogP contribution is -2.22. The van der Waals surface area contributed by atoms with Crippen molar-refractivity contribution >= 4 is 5.82 Å². The SMILES string of the molecule is CNCc1ccc(N(C)CCO)nc1. The number of aliphatic hydroxyl groups excluding tert-OH is 1. The minimum Gasteiger partial charge on any atom is -0.395 e. The molecule has 14 heavy (non-hydrogen) atoms. The fourth-order valence-electron chi connectivity index (χ4n) is 1.22. The van der Waals surface area contributed by atoms with Crippen molar-refractivity contribution < 1.29 is 5.11 Å². The van der Waals surface area contributed by atoms with Crippen LogP contribution in [0.1, 0.15) is 5.56 Å². The van der Waals surface area contributed by atoms with Crippen LogP contribution in [0, 0.1) is 0 Å². The molecule has 0 atom stereocenters. The lowest BCUT2D eigenvalue weighted by atomic mass is 10.3. The van der Waals surface area contributed by atoms with Gasteiger partial charge in [-0.05, 0) is 18.7 Å². The van der Waals surface area contributed by atoms with Gasteiger partial charge in [0.2, 0.25) is 0 Å². The molecule has 1 aromatic heterocycles. The minimum absolute atomic E-state index is 0.149. The maximum absolute atomic E-state index is 8.76. The van der Waals surface area contributed by atoms with Gasteiger partial charge in [0.15, 0.2) is 0 Å². The van der Waals surface area contributed by atoms with E-state index in [4.69, 9.17) is 5.11 Å². The summed E-state index contributed by atoms with van der Waals surface area (Å²) in [6, 6.07) is 4.00. The molecule has 78 valence electrons. The summed E-state index contributed by atoms with van der Waals surface area (Å²) in [5.41, 5.74) is 1.16. The molecule has 0 aliphatic carbocycles. The molecule has 0 bridgehead atoms. The van der Waals surface area contributed by atoms with Gasteiger partial charge in [-0.3, -0.25) is 0 Å². The summed E-state index contributed by atoms with van der Waals surface area (Å²) in [5, 5.41) is 11.8. The van der Waals surface area contributed by atoms with Gasteiger partial charge in [0, 0.05) is 26.3 Å². The zero-order valence-electron chi connectivity index (χ0n) is 8.70. The van der Waals surface area contributed by atoms with E-state index in [1.54, 1.807) is 0 Å². The second kappa shape index (κ2) is 5.57. The molecular weight excluding hydrogens is 178 g/mol. The first kappa shape index (κ1) is 10.9. The average Bonchev–Trinajstić information content (AvgIpc) is 2.20. The van der Waals surface area contributed by atoms with Crippen molar-refractivity contribution in [2.45, 2.75) is 6.54 Å². The summed E-state index contributed by atoms with van der Waals surface area (Å²) in [4.78, 5) is 6.21. The zero-order chi connectivity index (χ0) is 10.4. The van der Waals surface area contributed by atoms with Crippen molar-refractivity contribution in [2.75, 3.05) is 32.1 Å². The normalized spacial score (nSPS) is 10.2. The van der Waals surface area contributed by atoms with E-state index in [0.717, 1.165) is 17.9 Å². The first-order chi connectivity index (χ1) is 6.77. The fraction of sp³-hybridized carbons (Fsp3) is 0.500. The van der Waals surface area contributed by atoms with Gasteiger partial charge in [-0.2, -0.15) is 0 Å². The summed E-state index contributed by atoms with van der Waals surface area (Å²) < 4.78 is 0. The monoisotopic (exact) mass is 195 g/mol. The Kier molecular flexibility index (Phi) is 4.35. The molecule has 0 fully saturated rings. The Labute approximate surface area is 84.6 Å². The Balaban J connectivity index is 2.62. The van der Waals surface area contributed by atoms with Crippen LogP contribution in [0.3, 0.4) is 0 Å². The standard InChI is InChI=1S/C10H17N3O/c1-11-7-9-3-4-10(12-8-9)13(2)5-6-14/h3-4,8,11,14H,5-7H2,1-2H3. The molecule has 0 unspecified atom stereocenters. The molecule has 0 saturated heterocycles. The van der Waals surface area contributed by atoms with Crippen LogP contribution >= 0.6 is 0 Å². The molecule has 0 aromatic carbocycles. The van der Waals surface area contributed by atoms with Crippen LogP contribution in [0.4, 0.5) is 5.82 Å². The van der Waals surface area contributed by atoms with Gasteiger partial charge >= 0.3 is 0 Å². The second-order valence-electron chi connectivity index (χ2n) is 3.20. The molecular formula is C10H17N3O. The maximum Gasteiger partial charge on any atom is 0.128 e. The average molecular weight is 195 g/mol. The number of aliphatic hydroxyl groups is 1. The maximum atomic E-state index is 8.76. The Morgan fingerprint density at radius 3 is 2.79 bits per heavy atom. The third-order valence-electron chi connectivity index (χ3n) is 2.02. The van der Waals surface area contributed by atoms with Gasteiger partial charge < -0.3 is 15.3 Å². The van der Waals surface area contributed by atoms with Crippen molar-refractivity contribution in [2.24, 2.45) is 0 Å². The largest absolute Gasteiger partial charge is 0.395 e. The van der Waals surface area contributed by atoms with E-state index in [2.05, 4.69) is 10.3 Å². The number of likely N-dealkylation sites (N-methyl/N-ethyl adjacent to an activating group) is 1. The number of nitrogens with one attached hydrogen (secondary N) is 1. The number of nitrogens with zero attached hydrogens (tertiary/aromatic N) is 2. The lowest BCUT2D eigenvalue weighted by molar-refractivity contribution is 0.304. The van der Waals surface area contributed by atoms with E-state index < -0.39 is 0 Å². The van der Waals surface area contributed by atoms with Gasteiger partial charge in [-0.1, -0.05) is 6.07 Å². The summed E-state index contributed by atoms with van der Waals surface area (Å²) in [6.45, 7) is 1.59. The number of hydrogen-bond donors (Lipinski definition) is 2. The molecule has 1 rings (SSSR count). The topological polar surface area (TPSA) is 48.4 Å². The van der Waals surface area contributed by atoms with Gasteiger partial charge in [-0.15, -0.1) is 0 Å². The zero-order valence-corrected chi connectivity index (χ0v) is 8.70. The van der Waals surface area contributed by atoms with E-state index in [-0.39, 0.29) is 6.61 Å². The molecule has 0 amide bonds. The van der Waals surface area contributed by atoms with E-state index in [0.29, 0.717) is 6.54 Å². The number of rotatable bonds is 5. The Hall–Kier alpha value is -1.13. The van der Waals surface area contributed by atoms with E-state index >= 15 is 0 Å². The number of pyridine rings is 1. The second-order valence-corrected chi connectivity index (χ2v) is 3.20. The summed E-state index contributed by atoms with van der Waals surface area (Å²) in [7, 11) is 3.82. The molecule has 1 aromatic rings. The third kappa shape index (κ3) is 2.97. The van der Waals surface area contributed by atoms with Crippen LogP contribution in [0.25, 0.3) is 0 Å². The van der Waals surface area contributed by atoms with E-state index in [1.165, 1.54) is 0 Å². The predicted molar refractivity (Wildman–Crippen MR) is 57.4 cm³/mol. The predicted octanol–water partition coefficient (Wildman–Crippen LogP) is 0.229. The highest BCUT2D eigenvalue weighted by Gasteiger charge is 2.00. The third-order valence-corrected chi connectivity index (χ3v) is 2.02. The van der Waals surface area contributed by atoms with Crippen molar-refractivity contribution in [1.82, 2.24) is 10.3 Å². The fourth-order valence-corrected chi connectivity index (χ4v) is 1.22. The molecule has 0 saturated carbocycles. The smallest absolute Gasteiger partial charge is 0.128 e. The minimum atomic E-state index is 0.149. The Morgan fingerprint density at radius 2 is 2.29 bits per heavy atom. The first-order valence-electron chi connectivity index (χ1n) is 4.69. The van der Waals surface area contributed by atoms with Crippen LogP contribution in [-0.4, -0.2) is 37.3 Å². The lowest BCUT2D eigenvalue weighted by Gasteiger charge is -2.16. The highest BCUT2D eigenvalue weighted by molar-refractivity contribution is 5.38. The summed E-state index contributed by atoms with van der Waals surface area (Å²) in [6.07, 6.45) is 1.85. The quantitative estimate of drug-likeness (QED) is 0.706. The Bertz CT molecular complexity index is 261. The molecule has 4 heteroatoms. The van der Waals surface area contributed by atoms with Crippen molar-refractivity contribution in [3.8, 4) is 0 Å². The summed E-state index contributed by atoms with van der Waals surface area (Å²) >= 11 is 0. The van der Waals surface area contributed by atoms with Crippen LogP contribution in [0.5, 0.6) is 0 Å². The van der Waals surface area contributed by atoms with Gasteiger partial charge in [0.1, 0.15) is 5.82 Å². The number of anilines is 1. The molecule has 1 heterocycles. The number of aromatic nitrogens is 1. The van der Waals surface area contributed by atoms with Crippen LogP contribution in [0.2, 0.25) is 0 Å². The first-order valence-corrected chi connectivity index (χ1v) is 4.69. The highest BCUT2D eigenvalue weighted by Crippen LogP contribution is 2.08. The van der Waals surface area contributed by atoms with Crippen molar-refractivity contribution in [3.05, 3.63) is 23.9 Å². The van der Waals surface area contributed by atoms with Crippen molar-refractivity contribution in [3.63, 3.8) is 0 Å². The molecule has 0 aliphatic heterocycles. The van der Waals surface area contributed by atoms with Crippen LogP contribution < -0.4 is 10.2 Å². The van der Waals surface area contributed by atoms with E-state index in [1.807, 2.05) is 37.3 Å². The van der Waals surface area contributed by atoms with E-state index in [9.17, 15) is 0 Å². The highest BCUT2D eigenvalue weighted by atomic mass is 16.3. The number of hydrogen-bond acceptors (Lipinski definition) is 4. The van der Waals surface area contributed by atoms with Gasteiger partial charge in [0.25, 0.3) is 0 Å². The molecule has 4 nitrogen and oxygen atoms in total. The Morgan fingerprint density at radius 1 is 1.50 bits per heavy atom. The molecule has 2 N–H and O–H groups in total. The van der Waals surface area contributed by atoms with Crippen LogP contribution in [-0.2, 0) is 6.54 Å². The molecule has 0 radical (unpaired) electrons. The van der Waals surface area contributed by atoms with Gasteiger partial charge in [0.05, 0.1) is 6.61 Å². The van der Waals surface area contributed by atoms with Crippen LogP contribution in [0.15, 0.2) is 18.3 Å².